The summed E-state index contributed by atoms with van der Waals surface area (Å²) in [6.07, 6.45) is 0. The maximum Gasteiger partial charge on any atom is 0.273 e. The first-order chi connectivity index (χ1) is 8.74. The summed E-state index contributed by atoms with van der Waals surface area (Å²) in [6, 6.07) is 7.35. The number of carbonyl (C=O) groups is 1. The molecule has 0 radical (unpaired) electrons. The van der Waals surface area contributed by atoms with E-state index >= 15 is 0 Å². The van der Waals surface area contributed by atoms with Gasteiger partial charge < -0.3 is 10.3 Å². The summed E-state index contributed by atoms with van der Waals surface area (Å²) in [7, 11) is 0. The predicted molar refractivity (Wildman–Crippen MR) is 75.5 cm³/mol. The van der Waals surface area contributed by atoms with E-state index in [4.69, 9.17) is 11.6 Å². The SMILES string of the molecule is O=C(NC1=NCCS1)c1cc2cccc(Cl)c2[nH]1. The van der Waals surface area contributed by atoms with E-state index in [1.54, 1.807) is 23.9 Å². The third-order valence-electron chi connectivity index (χ3n) is 2.66. The normalized spacial score (nSPS) is 14.8. The highest BCUT2D eigenvalue weighted by molar-refractivity contribution is 8.14. The molecule has 92 valence electrons. The zero-order valence-corrected chi connectivity index (χ0v) is 10.9. The number of benzene rings is 1. The minimum Gasteiger partial charge on any atom is -0.349 e. The van der Waals surface area contributed by atoms with Gasteiger partial charge in [-0.2, -0.15) is 0 Å². The number of nitrogens with one attached hydrogen (secondary N) is 2. The number of fused-ring (bicyclic) bond motifs is 1. The zero-order chi connectivity index (χ0) is 12.5. The van der Waals surface area contributed by atoms with Crippen molar-refractivity contribution in [2.45, 2.75) is 0 Å². The molecule has 1 aliphatic rings. The van der Waals surface area contributed by atoms with E-state index in [0.29, 0.717) is 15.9 Å². The number of H-pyrrole nitrogens is 1. The second kappa shape index (κ2) is 4.66. The molecule has 1 amide bonds. The van der Waals surface area contributed by atoms with Crippen molar-refractivity contribution in [2.75, 3.05) is 12.3 Å². The molecule has 1 aromatic heterocycles. The molecule has 0 saturated heterocycles. The maximum atomic E-state index is 12.0. The van der Waals surface area contributed by atoms with Crippen molar-refractivity contribution in [1.82, 2.24) is 10.3 Å². The van der Waals surface area contributed by atoms with Crippen molar-refractivity contribution in [1.29, 1.82) is 0 Å². The summed E-state index contributed by atoms with van der Waals surface area (Å²) in [6.45, 7) is 0.763. The highest BCUT2D eigenvalue weighted by Crippen LogP contribution is 2.23. The third-order valence-corrected chi connectivity index (χ3v) is 3.86. The van der Waals surface area contributed by atoms with Crippen LogP contribution in [0, 0.1) is 0 Å². The molecule has 0 unspecified atom stereocenters. The van der Waals surface area contributed by atoms with Gasteiger partial charge in [-0.15, -0.1) is 0 Å². The summed E-state index contributed by atoms with van der Waals surface area (Å²) >= 11 is 7.61. The molecule has 6 heteroatoms. The number of thioether (sulfide) groups is 1. The summed E-state index contributed by atoms with van der Waals surface area (Å²) in [5, 5.41) is 5.00. The number of amidine groups is 1. The number of hydrogen-bond donors (Lipinski definition) is 2. The summed E-state index contributed by atoms with van der Waals surface area (Å²) < 4.78 is 0. The highest BCUT2D eigenvalue weighted by Gasteiger charge is 2.15. The lowest BCUT2D eigenvalue weighted by molar-refractivity contribution is 0.0974. The molecular weight excluding hydrogens is 270 g/mol. The van der Waals surface area contributed by atoms with Crippen LogP contribution in [-0.4, -0.2) is 28.4 Å². The van der Waals surface area contributed by atoms with E-state index in [1.807, 2.05) is 12.1 Å². The van der Waals surface area contributed by atoms with Crippen LogP contribution in [0.4, 0.5) is 0 Å². The molecule has 0 fully saturated rings. The molecule has 0 atom stereocenters. The molecule has 1 aliphatic heterocycles. The Balaban J connectivity index is 1.89. The Morgan fingerprint density at radius 2 is 2.39 bits per heavy atom. The van der Waals surface area contributed by atoms with Gasteiger partial charge in [0.25, 0.3) is 5.91 Å². The first-order valence-corrected chi connectivity index (χ1v) is 6.86. The first kappa shape index (κ1) is 11.6. The number of aromatic amines is 1. The number of aromatic nitrogens is 1. The van der Waals surface area contributed by atoms with Crippen molar-refractivity contribution in [3.05, 3.63) is 35.0 Å². The Hall–Kier alpha value is -1.46. The van der Waals surface area contributed by atoms with Gasteiger partial charge >= 0.3 is 0 Å². The number of carbonyl (C=O) groups excluding carboxylic acids is 1. The minimum absolute atomic E-state index is 0.185. The van der Waals surface area contributed by atoms with Gasteiger partial charge in [-0.1, -0.05) is 35.5 Å². The Morgan fingerprint density at radius 3 is 3.11 bits per heavy atom. The largest absolute Gasteiger partial charge is 0.349 e. The minimum atomic E-state index is -0.185. The van der Waals surface area contributed by atoms with Crippen LogP contribution in [0.15, 0.2) is 29.3 Å². The number of nitrogens with zero attached hydrogens (tertiary/aromatic N) is 1. The number of aliphatic imine (C=N–C) groups is 1. The smallest absolute Gasteiger partial charge is 0.273 e. The van der Waals surface area contributed by atoms with E-state index < -0.39 is 0 Å². The quantitative estimate of drug-likeness (QED) is 0.843. The van der Waals surface area contributed by atoms with Crippen LogP contribution in [0.25, 0.3) is 10.9 Å². The number of amides is 1. The molecule has 18 heavy (non-hydrogen) atoms. The van der Waals surface area contributed by atoms with Crippen molar-refractivity contribution >= 4 is 45.3 Å². The van der Waals surface area contributed by atoms with Crippen molar-refractivity contribution in [3.63, 3.8) is 0 Å². The average molecular weight is 280 g/mol. The summed E-state index contributed by atoms with van der Waals surface area (Å²) in [5.41, 5.74) is 1.28. The molecule has 0 saturated carbocycles. The average Bonchev–Trinajstić information content (AvgIpc) is 2.97. The van der Waals surface area contributed by atoms with E-state index in [1.165, 1.54) is 0 Å². The van der Waals surface area contributed by atoms with Gasteiger partial charge in [0.05, 0.1) is 17.1 Å². The second-order valence-corrected chi connectivity index (χ2v) is 5.37. The van der Waals surface area contributed by atoms with E-state index in [2.05, 4.69) is 15.3 Å². The monoisotopic (exact) mass is 279 g/mol. The Kier molecular flexibility index (Phi) is 3.01. The van der Waals surface area contributed by atoms with Crippen LogP contribution in [0.5, 0.6) is 0 Å². The zero-order valence-electron chi connectivity index (χ0n) is 9.37. The Morgan fingerprint density at radius 1 is 1.50 bits per heavy atom. The van der Waals surface area contributed by atoms with Gasteiger partial charge in [0.2, 0.25) is 0 Å². The second-order valence-electron chi connectivity index (χ2n) is 3.88. The number of rotatable bonds is 1. The molecule has 0 spiro atoms. The first-order valence-electron chi connectivity index (χ1n) is 5.50. The lowest BCUT2D eigenvalue weighted by Gasteiger charge is -2.00. The van der Waals surface area contributed by atoms with Gasteiger partial charge in [-0.3, -0.25) is 9.79 Å². The van der Waals surface area contributed by atoms with Gasteiger partial charge in [-0.05, 0) is 12.1 Å². The highest BCUT2D eigenvalue weighted by atomic mass is 35.5. The van der Waals surface area contributed by atoms with Crippen LogP contribution in [-0.2, 0) is 0 Å². The fraction of sp³-hybridized carbons (Fsp3) is 0.167. The van der Waals surface area contributed by atoms with Crippen molar-refractivity contribution in [3.8, 4) is 0 Å². The predicted octanol–water partition coefficient (Wildman–Crippen LogP) is 2.65. The number of para-hydroxylation sites is 1. The summed E-state index contributed by atoms with van der Waals surface area (Å²) in [4.78, 5) is 19.2. The Labute approximate surface area is 113 Å². The van der Waals surface area contributed by atoms with Crippen LogP contribution in [0.3, 0.4) is 0 Å². The molecule has 3 rings (SSSR count). The van der Waals surface area contributed by atoms with E-state index in [0.717, 1.165) is 23.2 Å². The van der Waals surface area contributed by atoms with Gasteiger partial charge in [0.15, 0.2) is 5.17 Å². The number of halogens is 1. The molecule has 1 aromatic carbocycles. The van der Waals surface area contributed by atoms with Crippen LogP contribution in [0.2, 0.25) is 5.02 Å². The van der Waals surface area contributed by atoms with E-state index in [-0.39, 0.29) is 5.91 Å². The molecule has 4 nitrogen and oxygen atoms in total. The third kappa shape index (κ3) is 2.11. The molecule has 2 N–H and O–H groups in total. The summed E-state index contributed by atoms with van der Waals surface area (Å²) in [5.74, 6) is 0.740. The van der Waals surface area contributed by atoms with Crippen LogP contribution in [0.1, 0.15) is 10.5 Å². The molecule has 2 aromatic rings. The van der Waals surface area contributed by atoms with Crippen molar-refractivity contribution < 1.29 is 4.79 Å². The Bertz CT molecular complexity index is 650. The van der Waals surface area contributed by atoms with Gasteiger partial charge in [-0.25, -0.2) is 0 Å². The van der Waals surface area contributed by atoms with Crippen LogP contribution >= 0.6 is 23.4 Å². The van der Waals surface area contributed by atoms with Crippen LogP contribution < -0.4 is 5.32 Å². The molecule has 0 aliphatic carbocycles. The number of hydrogen-bond acceptors (Lipinski definition) is 3. The fourth-order valence-electron chi connectivity index (χ4n) is 1.82. The topological polar surface area (TPSA) is 57.2 Å². The van der Waals surface area contributed by atoms with Gasteiger partial charge in [0, 0.05) is 11.1 Å². The van der Waals surface area contributed by atoms with E-state index in [9.17, 15) is 4.79 Å². The lowest BCUT2D eigenvalue weighted by atomic mass is 10.2. The maximum absolute atomic E-state index is 12.0. The fourth-order valence-corrected chi connectivity index (χ4v) is 2.77. The lowest BCUT2D eigenvalue weighted by Crippen LogP contribution is -2.27. The van der Waals surface area contributed by atoms with Crippen molar-refractivity contribution in [2.24, 2.45) is 4.99 Å². The molecule has 0 bridgehead atoms. The van der Waals surface area contributed by atoms with Gasteiger partial charge in [0.1, 0.15) is 5.69 Å². The molecular formula is C12H10ClN3OS. The molecule has 2 heterocycles. The standard InChI is InChI=1S/C12H10ClN3OS/c13-8-3-1-2-7-6-9(15-10(7)8)11(17)16-12-14-4-5-18-12/h1-3,6,15H,4-5H2,(H,14,16,17).